The average Bonchev–Trinajstić information content (AvgIpc) is 3.63. The van der Waals surface area contributed by atoms with Crippen LogP contribution in [-0.2, 0) is 11.2 Å². The maximum atomic E-state index is 13.2. The van der Waals surface area contributed by atoms with Crippen LogP contribution < -0.4 is 10.1 Å². The summed E-state index contributed by atoms with van der Waals surface area (Å²) in [4.78, 5) is 17.9. The Labute approximate surface area is 214 Å². The van der Waals surface area contributed by atoms with E-state index >= 15 is 0 Å². The summed E-state index contributed by atoms with van der Waals surface area (Å²) in [5.41, 5.74) is 3.89. The average molecular weight is 514 g/mol. The van der Waals surface area contributed by atoms with Gasteiger partial charge in [-0.2, -0.15) is 4.52 Å². The highest BCUT2D eigenvalue weighted by atomic mass is 32.1. The number of halogens is 1. The largest absolute Gasteiger partial charge is 0.475 e. The molecule has 4 aromatic heterocycles. The summed E-state index contributed by atoms with van der Waals surface area (Å²) < 4.78 is 22.5. The normalized spacial score (nSPS) is 11.3. The van der Waals surface area contributed by atoms with E-state index in [1.54, 1.807) is 28.8 Å². The summed E-state index contributed by atoms with van der Waals surface area (Å²) in [7, 11) is 0. The molecule has 0 aliphatic rings. The van der Waals surface area contributed by atoms with Crippen LogP contribution in [0.5, 0.6) is 5.88 Å². The molecule has 0 aliphatic heterocycles. The number of nitrogens with one attached hydrogen (secondary N) is 1. The maximum absolute atomic E-state index is 13.2. The molecule has 11 heteroatoms. The molecule has 6 rings (SSSR count). The second-order valence-electron chi connectivity index (χ2n) is 8.22. The molecule has 1 N–H and O–H groups in total. The van der Waals surface area contributed by atoms with Crippen molar-refractivity contribution in [2.24, 2.45) is 0 Å². The minimum atomic E-state index is -0.293. The van der Waals surface area contributed by atoms with Crippen LogP contribution in [0.1, 0.15) is 5.69 Å². The Morgan fingerprint density at radius 2 is 1.84 bits per heavy atom. The molecule has 0 saturated heterocycles. The van der Waals surface area contributed by atoms with Crippen molar-refractivity contribution in [3.05, 3.63) is 89.8 Å². The zero-order chi connectivity index (χ0) is 25.2. The molecule has 0 atom stereocenters. The van der Waals surface area contributed by atoms with Gasteiger partial charge in [-0.15, -0.1) is 26.6 Å². The molecule has 0 fully saturated rings. The Morgan fingerprint density at radius 3 is 2.68 bits per heavy atom. The number of nitrogens with zero attached hydrogens (tertiary/aromatic N) is 6. The zero-order valence-electron chi connectivity index (χ0n) is 19.4. The predicted molar refractivity (Wildman–Crippen MR) is 137 cm³/mol. The van der Waals surface area contributed by atoms with E-state index in [1.165, 1.54) is 23.5 Å². The minimum Gasteiger partial charge on any atom is -0.475 e. The topological polar surface area (TPSA) is 98.7 Å². The lowest BCUT2D eigenvalue weighted by Crippen LogP contribution is -2.29. The van der Waals surface area contributed by atoms with Gasteiger partial charge in [0.1, 0.15) is 12.4 Å². The van der Waals surface area contributed by atoms with Gasteiger partial charge in [-0.25, -0.2) is 9.37 Å². The van der Waals surface area contributed by atoms with Crippen molar-refractivity contribution in [3.8, 4) is 28.5 Å². The first kappa shape index (κ1) is 22.8. The van der Waals surface area contributed by atoms with Gasteiger partial charge < -0.3 is 10.1 Å². The molecule has 4 heterocycles. The lowest BCUT2D eigenvalue weighted by atomic mass is 10.2. The molecule has 0 radical (unpaired) electrons. The molecule has 0 saturated carbocycles. The third kappa shape index (κ3) is 4.76. The number of rotatable bonds is 8. The Kier molecular flexibility index (Phi) is 6.03. The molecule has 9 nitrogen and oxygen atoms in total. The van der Waals surface area contributed by atoms with Crippen LogP contribution >= 0.6 is 11.3 Å². The van der Waals surface area contributed by atoms with Crippen molar-refractivity contribution in [1.82, 2.24) is 34.5 Å². The number of amides is 1. The minimum absolute atomic E-state index is 0.131. The number of aromatic nitrogens is 6. The molecule has 2 aromatic carbocycles. The van der Waals surface area contributed by atoms with Crippen molar-refractivity contribution in [2.45, 2.75) is 6.42 Å². The highest BCUT2D eigenvalue weighted by Gasteiger charge is 2.13. The molecule has 184 valence electrons. The second-order valence-corrected chi connectivity index (χ2v) is 9.06. The predicted octanol–water partition coefficient (Wildman–Crippen LogP) is 4.04. The first-order chi connectivity index (χ1) is 18.1. The molecule has 0 unspecified atom stereocenters. The van der Waals surface area contributed by atoms with Gasteiger partial charge in [0.2, 0.25) is 11.8 Å². The number of fused-ring (bicyclic) bond motifs is 2. The summed E-state index contributed by atoms with van der Waals surface area (Å²) in [6.45, 7) is 0.580. The lowest BCUT2D eigenvalue weighted by molar-refractivity contribution is -0.120. The Bertz CT molecular complexity index is 1690. The summed E-state index contributed by atoms with van der Waals surface area (Å²) in [6, 6.07) is 19.4. The van der Waals surface area contributed by atoms with Crippen LogP contribution in [0.4, 0.5) is 4.39 Å². The van der Waals surface area contributed by atoms with Crippen LogP contribution in [0.3, 0.4) is 0 Å². The van der Waals surface area contributed by atoms with Crippen LogP contribution in [0.25, 0.3) is 33.3 Å². The van der Waals surface area contributed by atoms with Gasteiger partial charge in [0.25, 0.3) is 0 Å². The fraction of sp³-hybridized carbons (Fsp3) is 0.115. The number of carbonyl (C=O) groups excluding carboxylic acids is 1. The summed E-state index contributed by atoms with van der Waals surface area (Å²) in [5, 5.41) is 17.6. The van der Waals surface area contributed by atoms with E-state index < -0.39 is 0 Å². The number of ether oxygens (including phenoxy) is 1. The van der Waals surface area contributed by atoms with Crippen molar-refractivity contribution in [2.75, 3.05) is 13.2 Å². The highest BCUT2D eigenvalue weighted by Crippen LogP contribution is 2.24. The van der Waals surface area contributed by atoms with E-state index in [-0.39, 0.29) is 24.8 Å². The SMILES string of the molecule is O=C(Cc1csc2nc(-c3ccc(F)cc3)cn12)NCCOc1ccc2nnc(-c3ccccc3)n2n1. The first-order valence-corrected chi connectivity index (χ1v) is 12.4. The number of imidazole rings is 1. The third-order valence-electron chi connectivity index (χ3n) is 5.71. The van der Waals surface area contributed by atoms with Crippen LogP contribution in [0, 0.1) is 5.82 Å². The summed E-state index contributed by atoms with van der Waals surface area (Å²) >= 11 is 1.45. The number of benzene rings is 2. The van der Waals surface area contributed by atoms with Gasteiger partial charge in [0.15, 0.2) is 16.4 Å². The Hall–Kier alpha value is -4.64. The van der Waals surface area contributed by atoms with Crippen molar-refractivity contribution < 1.29 is 13.9 Å². The molecule has 0 bridgehead atoms. The molecule has 0 spiro atoms. The van der Waals surface area contributed by atoms with Crippen LogP contribution in [0.2, 0.25) is 0 Å². The second kappa shape index (κ2) is 9.78. The van der Waals surface area contributed by atoms with E-state index in [0.29, 0.717) is 23.9 Å². The van der Waals surface area contributed by atoms with Gasteiger partial charge in [-0.05, 0) is 30.3 Å². The monoisotopic (exact) mass is 513 g/mol. The van der Waals surface area contributed by atoms with Crippen molar-refractivity contribution >= 4 is 27.9 Å². The Morgan fingerprint density at radius 1 is 1.00 bits per heavy atom. The molecular weight excluding hydrogens is 493 g/mol. The van der Waals surface area contributed by atoms with E-state index in [2.05, 4.69) is 25.6 Å². The maximum Gasteiger partial charge on any atom is 0.231 e. The standard InChI is InChI=1S/C26H20FN7O2S/c27-19-8-6-17(7-9-19)21-15-33-20(16-37-26(33)29-21)14-23(35)28-12-13-36-24-11-10-22-30-31-25(34(22)32-24)18-4-2-1-3-5-18/h1-11,15-16H,12-14H2,(H,28,35). The molecule has 37 heavy (non-hydrogen) atoms. The smallest absolute Gasteiger partial charge is 0.231 e. The third-order valence-corrected chi connectivity index (χ3v) is 6.60. The van der Waals surface area contributed by atoms with E-state index in [9.17, 15) is 9.18 Å². The zero-order valence-corrected chi connectivity index (χ0v) is 20.2. The number of hydrogen-bond donors (Lipinski definition) is 1. The summed E-state index contributed by atoms with van der Waals surface area (Å²) in [5.74, 6) is 0.607. The molecule has 1 amide bonds. The van der Waals surface area contributed by atoms with Crippen LogP contribution in [-0.4, -0.2) is 48.3 Å². The van der Waals surface area contributed by atoms with Gasteiger partial charge in [-0.3, -0.25) is 9.20 Å². The molecule has 0 aliphatic carbocycles. The molecular formula is C26H20FN7O2S. The Balaban J connectivity index is 1.05. The lowest BCUT2D eigenvalue weighted by Gasteiger charge is -2.07. The first-order valence-electron chi connectivity index (χ1n) is 11.5. The quantitative estimate of drug-likeness (QED) is 0.309. The number of hydrogen-bond acceptors (Lipinski definition) is 7. The van der Waals surface area contributed by atoms with Crippen molar-refractivity contribution in [3.63, 3.8) is 0 Å². The van der Waals surface area contributed by atoms with E-state index in [0.717, 1.165) is 27.5 Å². The van der Waals surface area contributed by atoms with E-state index in [1.807, 2.05) is 46.3 Å². The molecule has 6 aromatic rings. The van der Waals surface area contributed by atoms with Gasteiger partial charge in [-0.1, -0.05) is 30.3 Å². The fourth-order valence-electron chi connectivity index (χ4n) is 3.91. The van der Waals surface area contributed by atoms with Gasteiger partial charge in [0.05, 0.1) is 18.7 Å². The van der Waals surface area contributed by atoms with Gasteiger partial charge >= 0.3 is 0 Å². The number of thiazole rings is 1. The highest BCUT2D eigenvalue weighted by molar-refractivity contribution is 7.15. The van der Waals surface area contributed by atoms with Gasteiger partial charge in [0, 0.05) is 34.5 Å². The van der Waals surface area contributed by atoms with E-state index in [4.69, 9.17) is 4.74 Å². The van der Waals surface area contributed by atoms with Crippen LogP contribution in [0.15, 0.2) is 78.3 Å². The fourth-order valence-corrected chi connectivity index (χ4v) is 4.78. The number of carbonyl (C=O) groups is 1. The summed E-state index contributed by atoms with van der Waals surface area (Å²) in [6.07, 6.45) is 2.06. The van der Waals surface area contributed by atoms with Crippen molar-refractivity contribution in [1.29, 1.82) is 0 Å².